The van der Waals surface area contributed by atoms with Crippen molar-refractivity contribution in [1.29, 1.82) is 5.26 Å². The van der Waals surface area contributed by atoms with Gasteiger partial charge in [0.2, 0.25) is 0 Å². The Labute approximate surface area is 213 Å². The lowest BCUT2D eigenvalue weighted by atomic mass is 10.1. The number of anilines is 2. The van der Waals surface area contributed by atoms with Gasteiger partial charge in [0.25, 0.3) is 0 Å². The first-order chi connectivity index (χ1) is 17.8. The molecule has 0 radical (unpaired) electrons. The van der Waals surface area contributed by atoms with Gasteiger partial charge < -0.3 is 10.0 Å². The SMILES string of the molecule is CCc1nc2ccc(-c3cnc(C(=O)O)c(F)c3)cn2c1N(C)c1nc(-c2ccc(F)cc2)c(C#N)s1. The van der Waals surface area contributed by atoms with Gasteiger partial charge in [-0.25, -0.2) is 28.5 Å². The van der Waals surface area contributed by atoms with E-state index in [2.05, 4.69) is 16.0 Å². The van der Waals surface area contributed by atoms with Gasteiger partial charge in [-0.3, -0.25) is 4.40 Å². The number of halogens is 2. The van der Waals surface area contributed by atoms with Crippen LogP contribution >= 0.6 is 11.3 Å². The van der Waals surface area contributed by atoms with E-state index in [0.29, 0.717) is 50.3 Å². The number of hydrogen-bond donors (Lipinski definition) is 1. The minimum Gasteiger partial charge on any atom is -0.476 e. The fourth-order valence-corrected chi connectivity index (χ4v) is 4.87. The maximum Gasteiger partial charge on any atom is 0.357 e. The van der Waals surface area contributed by atoms with E-state index in [1.807, 2.05) is 23.3 Å². The minimum atomic E-state index is -1.44. The van der Waals surface area contributed by atoms with Crippen LogP contribution in [0.15, 0.2) is 54.9 Å². The Morgan fingerprint density at radius 2 is 1.86 bits per heavy atom. The summed E-state index contributed by atoms with van der Waals surface area (Å²) in [6.45, 7) is 1.97. The third kappa shape index (κ3) is 4.28. The number of benzene rings is 1. The van der Waals surface area contributed by atoms with E-state index in [9.17, 15) is 18.8 Å². The number of aromatic carboxylic acids is 1. The number of carboxylic acid groups (broad SMARTS) is 1. The summed E-state index contributed by atoms with van der Waals surface area (Å²) in [7, 11) is 1.81. The maximum absolute atomic E-state index is 14.3. The Hall–Kier alpha value is -4.69. The number of carbonyl (C=O) groups is 1. The lowest BCUT2D eigenvalue weighted by Gasteiger charge is -2.17. The average Bonchev–Trinajstić information content (AvgIpc) is 3.49. The number of imidazole rings is 1. The van der Waals surface area contributed by atoms with E-state index in [-0.39, 0.29) is 5.82 Å². The van der Waals surface area contributed by atoms with Crippen LogP contribution in [0.4, 0.5) is 19.7 Å². The molecular weight excluding hydrogens is 498 g/mol. The second kappa shape index (κ2) is 9.40. The summed E-state index contributed by atoms with van der Waals surface area (Å²) < 4.78 is 29.6. The largest absolute Gasteiger partial charge is 0.476 e. The number of nitriles is 1. The predicted octanol–water partition coefficient (Wildman–Crippen LogP) is 5.70. The van der Waals surface area contributed by atoms with E-state index in [4.69, 9.17) is 10.1 Å². The number of aromatic nitrogens is 4. The molecule has 5 aromatic rings. The summed E-state index contributed by atoms with van der Waals surface area (Å²) in [5, 5.41) is 19.3. The number of fused-ring (bicyclic) bond motifs is 1. The smallest absolute Gasteiger partial charge is 0.357 e. The molecule has 11 heteroatoms. The van der Waals surface area contributed by atoms with Gasteiger partial charge in [0, 0.05) is 36.1 Å². The second-order valence-electron chi connectivity index (χ2n) is 8.09. The number of pyridine rings is 2. The highest BCUT2D eigenvalue weighted by molar-refractivity contribution is 7.16. The molecule has 8 nitrogen and oxygen atoms in total. The van der Waals surface area contributed by atoms with Gasteiger partial charge >= 0.3 is 5.97 Å². The molecule has 1 aromatic carbocycles. The third-order valence-corrected chi connectivity index (χ3v) is 6.85. The Morgan fingerprint density at radius 3 is 2.51 bits per heavy atom. The summed E-state index contributed by atoms with van der Waals surface area (Å²) >= 11 is 1.20. The first-order valence-corrected chi connectivity index (χ1v) is 11.9. The summed E-state index contributed by atoms with van der Waals surface area (Å²) in [4.78, 5) is 26.5. The molecule has 0 bridgehead atoms. The molecule has 5 rings (SSSR count). The molecule has 0 spiro atoms. The van der Waals surface area contributed by atoms with Crippen molar-refractivity contribution in [2.24, 2.45) is 0 Å². The molecular formula is C26H18F2N6O2S. The van der Waals surface area contributed by atoms with Gasteiger partial charge in [-0.15, -0.1) is 0 Å². The summed E-state index contributed by atoms with van der Waals surface area (Å²) in [5.41, 5.74) is 2.89. The molecule has 0 fully saturated rings. The van der Waals surface area contributed by atoms with Crippen molar-refractivity contribution in [3.8, 4) is 28.5 Å². The molecule has 0 saturated carbocycles. The lowest BCUT2D eigenvalue weighted by Crippen LogP contribution is -2.13. The fourth-order valence-electron chi connectivity index (χ4n) is 4.02. The van der Waals surface area contributed by atoms with Crippen molar-refractivity contribution in [3.63, 3.8) is 0 Å². The lowest BCUT2D eigenvalue weighted by molar-refractivity contribution is 0.0685. The third-order valence-electron chi connectivity index (χ3n) is 5.81. The van der Waals surface area contributed by atoms with Crippen molar-refractivity contribution in [2.75, 3.05) is 11.9 Å². The molecule has 0 unspecified atom stereocenters. The Bertz CT molecular complexity index is 1710. The second-order valence-corrected chi connectivity index (χ2v) is 9.07. The summed E-state index contributed by atoms with van der Waals surface area (Å²) in [5.74, 6) is -2.04. The van der Waals surface area contributed by atoms with E-state index < -0.39 is 17.5 Å². The van der Waals surface area contributed by atoms with Crippen LogP contribution in [0, 0.1) is 23.0 Å². The normalized spacial score (nSPS) is 11.0. The van der Waals surface area contributed by atoms with Crippen LogP contribution in [0.3, 0.4) is 0 Å². The first kappa shape index (κ1) is 24.0. The van der Waals surface area contributed by atoms with Crippen molar-refractivity contribution in [1.82, 2.24) is 19.4 Å². The number of nitrogens with zero attached hydrogens (tertiary/aromatic N) is 6. The van der Waals surface area contributed by atoms with Crippen LogP contribution in [-0.2, 0) is 6.42 Å². The highest BCUT2D eigenvalue weighted by Crippen LogP contribution is 2.37. The molecule has 184 valence electrons. The number of aryl methyl sites for hydroxylation is 1. The molecule has 0 aliphatic carbocycles. The highest BCUT2D eigenvalue weighted by Gasteiger charge is 2.22. The molecule has 0 atom stereocenters. The molecule has 37 heavy (non-hydrogen) atoms. The Kier molecular flexibility index (Phi) is 6.11. The number of rotatable bonds is 6. The molecule has 0 amide bonds. The summed E-state index contributed by atoms with van der Waals surface area (Å²) in [6.07, 6.45) is 3.69. The first-order valence-electron chi connectivity index (χ1n) is 11.1. The van der Waals surface area contributed by atoms with Crippen LogP contribution in [0.2, 0.25) is 0 Å². The van der Waals surface area contributed by atoms with E-state index in [1.165, 1.54) is 29.7 Å². The molecule has 0 aliphatic heterocycles. The van der Waals surface area contributed by atoms with Crippen LogP contribution in [-0.4, -0.2) is 37.5 Å². The van der Waals surface area contributed by atoms with Crippen LogP contribution < -0.4 is 4.90 Å². The number of hydrogen-bond acceptors (Lipinski definition) is 7. The van der Waals surface area contributed by atoms with Crippen molar-refractivity contribution >= 4 is 33.9 Å². The molecule has 0 aliphatic rings. The van der Waals surface area contributed by atoms with Gasteiger partial charge in [-0.2, -0.15) is 5.26 Å². The zero-order valence-electron chi connectivity index (χ0n) is 19.6. The fraction of sp³-hybridized carbons (Fsp3) is 0.115. The number of carboxylic acids is 1. The van der Waals surface area contributed by atoms with Crippen molar-refractivity contribution in [2.45, 2.75) is 13.3 Å². The Morgan fingerprint density at radius 1 is 1.14 bits per heavy atom. The molecule has 0 saturated heterocycles. The van der Waals surface area contributed by atoms with Gasteiger partial charge in [0.05, 0.1) is 5.69 Å². The van der Waals surface area contributed by atoms with Crippen molar-refractivity contribution in [3.05, 3.63) is 82.8 Å². The van der Waals surface area contributed by atoms with Crippen molar-refractivity contribution < 1.29 is 18.7 Å². The maximum atomic E-state index is 14.3. The van der Waals surface area contributed by atoms with Gasteiger partial charge in [0.1, 0.15) is 33.9 Å². The zero-order valence-corrected chi connectivity index (χ0v) is 20.4. The average molecular weight is 517 g/mol. The monoisotopic (exact) mass is 516 g/mol. The number of thiazole rings is 1. The Balaban J connectivity index is 1.61. The van der Waals surface area contributed by atoms with Gasteiger partial charge in [-0.1, -0.05) is 18.3 Å². The van der Waals surface area contributed by atoms with Crippen LogP contribution in [0.25, 0.3) is 28.0 Å². The quantitative estimate of drug-likeness (QED) is 0.309. The molecule has 4 heterocycles. The van der Waals surface area contributed by atoms with E-state index in [0.717, 1.165) is 11.8 Å². The van der Waals surface area contributed by atoms with Gasteiger partial charge in [-0.05, 0) is 48.9 Å². The molecule has 4 aromatic heterocycles. The topological polar surface area (TPSA) is 107 Å². The van der Waals surface area contributed by atoms with Gasteiger partial charge in [0.15, 0.2) is 16.6 Å². The molecule has 1 N–H and O–H groups in total. The predicted molar refractivity (Wildman–Crippen MR) is 135 cm³/mol. The minimum absolute atomic E-state index is 0.378. The van der Waals surface area contributed by atoms with E-state index >= 15 is 0 Å². The highest BCUT2D eigenvalue weighted by atomic mass is 32.1. The summed E-state index contributed by atoms with van der Waals surface area (Å²) in [6, 6.07) is 12.6. The zero-order chi connectivity index (χ0) is 26.3. The standard InChI is InChI=1S/C26H18F2N6O2S/c1-3-19-24(33(2)26-32-22(20(11-29)37-26)14-4-7-17(27)8-5-14)34-13-15(6-9-21(34)31-19)16-10-18(28)23(25(35)36)30-12-16/h4-10,12-13H,3H2,1-2H3,(H,35,36). The van der Waals surface area contributed by atoms with E-state index in [1.54, 1.807) is 30.5 Å². The van der Waals surface area contributed by atoms with Crippen LogP contribution in [0.5, 0.6) is 0 Å². The van der Waals surface area contributed by atoms with Crippen LogP contribution in [0.1, 0.15) is 28.0 Å².